The lowest BCUT2D eigenvalue weighted by molar-refractivity contribution is -0.136. The Morgan fingerprint density at radius 1 is 1.40 bits per heavy atom. The molecule has 2 amide bonds. The maximum atomic E-state index is 12.1. The molecule has 1 aliphatic rings. The highest BCUT2D eigenvalue weighted by molar-refractivity contribution is 5.97. The summed E-state index contributed by atoms with van der Waals surface area (Å²) in [5.41, 5.74) is 0.214. The Bertz CT molecular complexity index is 500. The number of aromatic nitrogens is 1. The van der Waals surface area contributed by atoms with Gasteiger partial charge >= 0.3 is 0 Å². The van der Waals surface area contributed by atoms with E-state index in [1.807, 2.05) is 0 Å². The van der Waals surface area contributed by atoms with Crippen LogP contribution in [0, 0.1) is 0 Å². The molecule has 1 atom stereocenters. The van der Waals surface area contributed by atoms with Crippen LogP contribution in [0.15, 0.2) is 18.5 Å². The Labute approximate surface area is 116 Å². The van der Waals surface area contributed by atoms with E-state index in [9.17, 15) is 14.7 Å². The number of hydrogen-bond acceptors (Lipinski definition) is 5. The second-order valence-electron chi connectivity index (χ2n) is 4.56. The number of morpholine rings is 1. The molecule has 2 rings (SSSR count). The van der Waals surface area contributed by atoms with Crippen LogP contribution in [0.3, 0.4) is 0 Å². The molecule has 108 valence electrons. The largest absolute Gasteiger partial charge is 0.506 e. The summed E-state index contributed by atoms with van der Waals surface area (Å²) < 4.78 is 5.18. The minimum atomic E-state index is -0.636. The molecule has 1 fully saturated rings. The summed E-state index contributed by atoms with van der Waals surface area (Å²) in [5, 5.41) is 11.9. The van der Waals surface area contributed by atoms with Crippen LogP contribution in [-0.4, -0.2) is 59.1 Å². The fourth-order valence-electron chi connectivity index (χ4n) is 1.95. The van der Waals surface area contributed by atoms with Gasteiger partial charge in [-0.05, 0) is 13.0 Å². The van der Waals surface area contributed by atoms with E-state index in [2.05, 4.69) is 10.3 Å². The van der Waals surface area contributed by atoms with Gasteiger partial charge in [0.25, 0.3) is 5.91 Å². The maximum Gasteiger partial charge on any atom is 0.253 e. The van der Waals surface area contributed by atoms with E-state index in [0.29, 0.717) is 26.3 Å². The highest BCUT2D eigenvalue weighted by atomic mass is 16.5. The average Bonchev–Trinajstić information content (AvgIpc) is 2.47. The number of hydrogen-bond donors (Lipinski definition) is 2. The summed E-state index contributed by atoms with van der Waals surface area (Å²) in [7, 11) is 0. The van der Waals surface area contributed by atoms with E-state index in [0.717, 1.165) is 0 Å². The maximum absolute atomic E-state index is 12.1. The van der Waals surface area contributed by atoms with Gasteiger partial charge in [0.05, 0.1) is 25.0 Å². The first kappa shape index (κ1) is 14.3. The molecule has 1 unspecified atom stereocenters. The third kappa shape index (κ3) is 3.45. The van der Waals surface area contributed by atoms with Gasteiger partial charge in [0.1, 0.15) is 11.8 Å². The summed E-state index contributed by atoms with van der Waals surface area (Å²) in [6, 6.07) is 0.664. The van der Waals surface area contributed by atoms with Gasteiger partial charge in [0.2, 0.25) is 5.91 Å². The lowest BCUT2D eigenvalue weighted by atomic mass is 10.2. The van der Waals surface area contributed by atoms with Crippen molar-refractivity contribution in [3.05, 3.63) is 24.0 Å². The van der Waals surface area contributed by atoms with E-state index in [4.69, 9.17) is 4.74 Å². The molecule has 0 aromatic carbocycles. The molecular weight excluding hydrogens is 262 g/mol. The summed E-state index contributed by atoms with van der Waals surface area (Å²) in [4.78, 5) is 29.4. The third-order valence-corrected chi connectivity index (χ3v) is 3.03. The van der Waals surface area contributed by atoms with Crippen LogP contribution in [0.1, 0.15) is 17.3 Å². The normalized spacial score (nSPS) is 16.6. The van der Waals surface area contributed by atoms with Crippen molar-refractivity contribution in [3.8, 4) is 5.75 Å². The van der Waals surface area contributed by atoms with Crippen molar-refractivity contribution in [2.75, 3.05) is 26.3 Å². The molecule has 0 radical (unpaired) electrons. The molecule has 0 bridgehead atoms. The Hall–Kier alpha value is -2.15. The summed E-state index contributed by atoms with van der Waals surface area (Å²) >= 11 is 0. The number of amides is 2. The Morgan fingerprint density at radius 3 is 2.75 bits per heavy atom. The Morgan fingerprint density at radius 2 is 2.10 bits per heavy atom. The molecule has 0 saturated carbocycles. The predicted molar refractivity (Wildman–Crippen MR) is 70.2 cm³/mol. The summed E-state index contributed by atoms with van der Waals surface area (Å²) in [5.74, 6) is -0.679. The van der Waals surface area contributed by atoms with E-state index in [1.165, 1.54) is 18.5 Å². The van der Waals surface area contributed by atoms with Gasteiger partial charge in [-0.15, -0.1) is 0 Å². The van der Waals surface area contributed by atoms with Crippen LogP contribution in [0.25, 0.3) is 0 Å². The average molecular weight is 279 g/mol. The number of pyridine rings is 1. The zero-order valence-corrected chi connectivity index (χ0v) is 11.2. The lowest BCUT2D eigenvalue weighted by Crippen LogP contribution is -2.50. The molecule has 2 heterocycles. The molecule has 1 aliphatic heterocycles. The molecule has 1 aromatic heterocycles. The molecule has 7 heteroatoms. The predicted octanol–water partition coefficient (Wildman–Crippen LogP) is -0.236. The van der Waals surface area contributed by atoms with Crippen molar-refractivity contribution >= 4 is 11.8 Å². The number of aromatic hydroxyl groups is 1. The molecule has 1 saturated heterocycles. The fourth-order valence-corrected chi connectivity index (χ4v) is 1.95. The van der Waals surface area contributed by atoms with Crippen molar-refractivity contribution < 1.29 is 19.4 Å². The zero-order chi connectivity index (χ0) is 14.5. The molecule has 1 aromatic rings. The number of carbonyl (C=O) groups excluding carboxylic acids is 2. The van der Waals surface area contributed by atoms with E-state index >= 15 is 0 Å². The molecule has 7 nitrogen and oxygen atoms in total. The first-order valence-corrected chi connectivity index (χ1v) is 6.39. The van der Waals surface area contributed by atoms with Gasteiger partial charge < -0.3 is 20.1 Å². The van der Waals surface area contributed by atoms with Crippen molar-refractivity contribution in [2.24, 2.45) is 0 Å². The van der Waals surface area contributed by atoms with E-state index < -0.39 is 11.9 Å². The van der Waals surface area contributed by atoms with Gasteiger partial charge in [-0.25, -0.2) is 0 Å². The topological polar surface area (TPSA) is 91.8 Å². The number of nitrogens with one attached hydrogen (secondary N) is 1. The highest BCUT2D eigenvalue weighted by Gasteiger charge is 2.24. The smallest absolute Gasteiger partial charge is 0.253 e. The minimum Gasteiger partial charge on any atom is -0.506 e. The van der Waals surface area contributed by atoms with Gasteiger partial charge in [0, 0.05) is 19.3 Å². The molecule has 2 N–H and O–H groups in total. The van der Waals surface area contributed by atoms with Crippen molar-refractivity contribution in [2.45, 2.75) is 13.0 Å². The first-order valence-electron chi connectivity index (χ1n) is 6.39. The van der Waals surface area contributed by atoms with Crippen LogP contribution >= 0.6 is 0 Å². The number of nitrogens with zero attached hydrogens (tertiary/aromatic N) is 2. The molecular formula is C13H17N3O4. The third-order valence-electron chi connectivity index (χ3n) is 3.03. The lowest BCUT2D eigenvalue weighted by Gasteiger charge is -2.29. The number of ether oxygens (including phenoxy) is 1. The van der Waals surface area contributed by atoms with Crippen LogP contribution in [-0.2, 0) is 9.53 Å². The number of carbonyl (C=O) groups is 2. The van der Waals surface area contributed by atoms with Crippen molar-refractivity contribution in [1.82, 2.24) is 15.2 Å². The first-order chi connectivity index (χ1) is 9.58. The van der Waals surface area contributed by atoms with Gasteiger partial charge in [0.15, 0.2) is 0 Å². The second kappa shape index (κ2) is 6.33. The summed E-state index contributed by atoms with van der Waals surface area (Å²) in [6.45, 7) is 3.73. The molecule has 0 spiro atoms. The van der Waals surface area contributed by atoms with Gasteiger partial charge in [-0.3, -0.25) is 14.6 Å². The van der Waals surface area contributed by atoms with Crippen LogP contribution in [0.2, 0.25) is 0 Å². The monoisotopic (exact) mass is 279 g/mol. The van der Waals surface area contributed by atoms with E-state index in [1.54, 1.807) is 11.8 Å². The zero-order valence-electron chi connectivity index (χ0n) is 11.2. The Kier molecular flexibility index (Phi) is 4.52. The number of rotatable bonds is 3. The SMILES string of the molecule is CC(NC(=O)c1cncc(O)c1)C(=O)N1CCOCC1. The Balaban J connectivity index is 1.94. The van der Waals surface area contributed by atoms with Crippen LogP contribution in [0.5, 0.6) is 5.75 Å². The van der Waals surface area contributed by atoms with E-state index in [-0.39, 0.29) is 17.2 Å². The second-order valence-corrected chi connectivity index (χ2v) is 4.56. The summed E-state index contributed by atoms with van der Waals surface area (Å²) in [6.07, 6.45) is 2.57. The van der Waals surface area contributed by atoms with Crippen LogP contribution in [0.4, 0.5) is 0 Å². The minimum absolute atomic E-state index is 0.0928. The van der Waals surface area contributed by atoms with Gasteiger partial charge in [-0.1, -0.05) is 0 Å². The van der Waals surface area contributed by atoms with Crippen molar-refractivity contribution in [3.63, 3.8) is 0 Å². The van der Waals surface area contributed by atoms with Crippen LogP contribution < -0.4 is 5.32 Å². The molecule has 0 aliphatic carbocycles. The van der Waals surface area contributed by atoms with Crippen molar-refractivity contribution in [1.29, 1.82) is 0 Å². The standard InChI is InChI=1S/C13H17N3O4/c1-9(13(19)16-2-4-20-5-3-16)15-12(18)10-6-11(17)8-14-7-10/h6-9,17H,2-5H2,1H3,(H,15,18). The molecule has 20 heavy (non-hydrogen) atoms. The van der Waals surface area contributed by atoms with Gasteiger partial charge in [-0.2, -0.15) is 0 Å². The quantitative estimate of drug-likeness (QED) is 0.797. The highest BCUT2D eigenvalue weighted by Crippen LogP contribution is 2.09. The fraction of sp³-hybridized carbons (Fsp3) is 0.462.